The zero-order valence-electron chi connectivity index (χ0n) is 6.89. The highest BCUT2D eigenvalue weighted by Crippen LogP contribution is 1.84. The van der Waals surface area contributed by atoms with Crippen molar-refractivity contribution in [2.75, 3.05) is 13.2 Å². The van der Waals surface area contributed by atoms with E-state index in [4.69, 9.17) is 4.55 Å². The Bertz CT molecular complexity index is 271. The first-order chi connectivity index (χ1) is 5.95. The molecule has 0 atom stereocenters. The van der Waals surface area contributed by atoms with Gasteiger partial charge in [0.2, 0.25) is 0 Å². The van der Waals surface area contributed by atoms with Crippen LogP contribution in [0.5, 0.6) is 0 Å². The molecule has 0 aliphatic heterocycles. The first-order valence-corrected chi connectivity index (χ1v) is 4.91. The van der Waals surface area contributed by atoms with Gasteiger partial charge in [0.1, 0.15) is 0 Å². The summed E-state index contributed by atoms with van der Waals surface area (Å²) in [6, 6.07) is 0. The van der Waals surface area contributed by atoms with Gasteiger partial charge in [0.15, 0.2) is 0 Å². The molecule has 0 aliphatic carbocycles. The lowest BCUT2D eigenvalue weighted by molar-refractivity contribution is -0.137. The Morgan fingerprint density at radius 2 is 2.23 bits per heavy atom. The molecule has 0 saturated carbocycles. The monoisotopic (exact) mass is 209 g/mol. The van der Waals surface area contributed by atoms with Crippen molar-refractivity contribution in [2.24, 2.45) is 0 Å². The lowest BCUT2D eigenvalue weighted by Crippen LogP contribution is -2.24. The molecular weight excluding hydrogens is 198 g/mol. The summed E-state index contributed by atoms with van der Waals surface area (Å²) in [5, 5.41) is 0. The number of hydrogen-bond acceptors (Lipinski definition) is 4. The number of ether oxygens (including phenoxy) is 1. The molecule has 0 fully saturated rings. The average Bonchev–Trinajstić information content (AvgIpc) is 2.01. The van der Waals surface area contributed by atoms with E-state index in [1.54, 1.807) is 0 Å². The highest BCUT2D eigenvalue weighted by molar-refractivity contribution is 7.83. The van der Waals surface area contributed by atoms with Gasteiger partial charge in [0.05, 0.1) is 6.61 Å². The van der Waals surface area contributed by atoms with Crippen molar-refractivity contribution in [2.45, 2.75) is 6.42 Å². The van der Waals surface area contributed by atoms with Gasteiger partial charge < -0.3 is 4.74 Å². The van der Waals surface area contributed by atoms with E-state index in [1.165, 1.54) is 0 Å². The second kappa shape index (κ2) is 5.68. The van der Waals surface area contributed by atoms with Crippen molar-refractivity contribution >= 4 is 16.3 Å². The summed E-state index contributed by atoms with van der Waals surface area (Å²) in [5.74, 6) is -0.563. The summed E-state index contributed by atoms with van der Waals surface area (Å²) in [7, 11) is -4.14. The Kier molecular flexibility index (Phi) is 5.28. The van der Waals surface area contributed by atoms with Crippen LogP contribution in [0.3, 0.4) is 0 Å². The normalized spacial score (nSPS) is 10.8. The minimum atomic E-state index is -4.14. The van der Waals surface area contributed by atoms with E-state index >= 15 is 0 Å². The van der Waals surface area contributed by atoms with E-state index in [2.05, 4.69) is 11.3 Å². The second-order valence-electron chi connectivity index (χ2n) is 2.09. The van der Waals surface area contributed by atoms with Crippen molar-refractivity contribution in [3.05, 3.63) is 12.7 Å². The molecule has 2 N–H and O–H groups in total. The van der Waals surface area contributed by atoms with Crippen LogP contribution in [0, 0.1) is 0 Å². The number of hydrogen-bond donors (Lipinski definition) is 2. The fourth-order valence-corrected chi connectivity index (χ4v) is 0.907. The van der Waals surface area contributed by atoms with Gasteiger partial charge in [-0.2, -0.15) is 13.1 Å². The van der Waals surface area contributed by atoms with Crippen molar-refractivity contribution in [3.8, 4) is 0 Å². The van der Waals surface area contributed by atoms with Crippen molar-refractivity contribution < 1.29 is 22.5 Å². The Morgan fingerprint density at radius 3 is 2.69 bits per heavy atom. The van der Waals surface area contributed by atoms with Crippen LogP contribution in [-0.2, 0) is 19.8 Å². The van der Waals surface area contributed by atoms with Crippen molar-refractivity contribution in [1.29, 1.82) is 0 Å². The van der Waals surface area contributed by atoms with E-state index in [0.717, 1.165) is 6.08 Å². The highest BCUT2D eigenvalue weighted by Gasteiger charge is 2.01. The fourth-order valence-electron chi connectivity index (χ4n) is 0.505. The maximum atomic E-state index is 10.4. The summed E-state index contributed by atoms with van der Waals surface area (Å²) in [4.78, 5) is 10.4. The van der Waals surface area contributed by atoms with Crippen LogP contribution in [0.25, 0.3) is 0 Å². The van der Waals surface area contributed by atoms with Gasteiger partial charge in [0.25, 0.3) is 0 Å². The molecule has 0 amide bonds. The van der Waals surface area contributed by atoms with Gasteiger partial charge in [-0.05, 0) is 6.42 Å². The number of nitrogens with one attached hydrogen (secondary N) is 1. The summed E-state index contributed by atoms with van der Waals surface area (Å²) in [6.07, 6.45) is 1.30. The second-order valence-corrected chi connectivity index (χ2v) is 3.33. The molecule has 0 spiro atoms. The molecule has 0 heterocycles. The molecule has 13 heavy (non-hydrogen) atoms. The van der Waals surface area contributed by atoms with Crippen LogP contribution < -0.4 is 4.72 Å². The third-order valence-corrected chi connectivity index (χ3v) is 1.59. The SMILES string of the molecule is C=CC(=O)OCCCNS(=O)(=O)O. The molecule has 6 nitrogen and oxygen atoms in total. The third kappa shape index (κ3) is 8.99. The molecule has 0 aromatic carbocycles. The van der Waals surface area contributed by atoms with Crippen molar-refractivity contribution in [3.63, 3.8) is 0 Å². The summed E-state index contributed by atoms with van der Waals surface area (Å²) < 4.78 is 34.8. The van der Waals surface area contributed by atoms with Crippen LogP contribution in [-0.4, -0.2) is 32.1 Å². The van der Waals surface area contributed by atoms with E-state index in [-0.39, 0.29) is 13.2 Å². The van der Waals surface area contributed by atoms with Crippen LogP contribution in [0.4, 0.5) is 0 Å². The van der Waals surface area contributed by atoms with Gasteiger partial charge >= 0.3 is 16.3 Å². The van der Waals surface area contributed by atoms with E-state index in [9.17, 15) is 13.2 Å². The predicted octanol–water partition coefficient (Wildman–Crippen LogP) is -0.502. The molecule has 0 aromatic heterocycles. The molecule has 0 bridgehead atoms. The van der Waals surface area contributed by atoms with Gasteiger partial charge in [0, 0.05) is 12.6 Å². The Morgan fingerprint density at radius 1 is 1.62 bits per heavy atom. The van der Waals surface area contributed by atoms with Gasteiger partial charge in [-0.25, -0.2) is 4.79 Å². The molecule has 7 heteroatoms. The highest BCUT2D eigenvalue weighted by atomic mass is 32.2. The smallest absolute Gasteiger partial charge is 0.333 e. The maximum absolute atomic E-state index is 10.4. The van der Waals surface area contributed by atoms with Crippen LogP contribution in [0.1, 0.15) is 6.42 Å². The van der Waals surface area contributed by atoms with Crippen LogP contribution in [0.15, 0.2) is 12.7 Å². The molecule has 0 aliphatic rings. The zero-order valence-corrected chi connectivity index (χ0v) is 7.71. The lowest BCUT2D eigenvalue weighted by atomic mass is 10.5. The number of rotatable bonds is 6. The largest absolute Gasteiger partial charge is 0.462 e. The predicted molar refractivity (Wildman–Crippen MR) is 45.3 cm³/mol. The quantitative estimate of drug-likeness (QED) is 0.266. The molecule has 0 aromatic rings. The molecule has 0 radical (unpaired) electrons. The van der Waals surface area contributed by atoms with Crippen LogP contribution >= 0.6 is 0 Å². The van der Waals surface area contributed by atoms with Crippen molar-refractivity contribution in [1.82, 2.24) is 4.72 Å². The minimum Gasteiger partial charge on any atom is -0.462 e. The molecular formula is C6H11NO5S. The number of carbonyl (C=O) groups is 1. The Labute approximate surface area is 76.5 Å². The Hall–Kier alpha value is -0.920. The molecule has 0 rings (SSSR count). The van der Waals surface area contributed by atoms with Gasteiger partial charge in [-0.3, -0.25) is 4.55 Å². The summed E-state index contributed by atoms with van der Waals surface area (Å²) in [6.45, 7) is 3.27. The van der Waals surface area contributed by atoms with Gasteiger partial charge in [-0.1, -0.05) is 6.58 Å². The minimum absolute atomic E-state index is 0.0171. The van der Waals surface area contributed by atoms with E-state index < -0.39 is 16.3 Å². The lowest BCUT2D eigenvalue weighted by Gasteiger charge is -2.01. The topological polar surface area (TPSA) is 92.7 Å². The average molecular weight is 209 g/mol. The zero-order chi connectivity index (χ0) is 10.3. The number of esters is 1. The van der Waals surface area contributed by atoms with E-state index in [0.29, 0.717) is 6.42 Å². The van der Waals surface area contributed by atoms with Crippen LogP contribution in [0.2, 0.25) is 0 Å². The maximum Gasteiger partial charge on any atom is 0.333 e. The summed E-state index contributed by atoms with van der Waals surface area (Å²) >= 11 is 0. The first kappa shape index (κ1) is 12.1. The Balaban J connectivity index is 3.38. The first-order valence-electron chi connectivity index (χ1n) is 3.47. The fraction of sp³-hybridized carbons (Fsp3) is 0.500. The molecule has 0 saturated heterocycles. The molecule has 0 unspecified atom stereocenters. The third-order valence-electron chi connectivity index (χ3n) is 1.02. The number of carbonyl (C=O) groups excluding carboxylic acids is 1. The van der Waals surface area contributed by atoms with Gasteiger partial charge in [-0.15, -0.1) is 0 Å². The molecule has 76 valence electrons. The summed E-state index contributed by atoms with van der Waals surface area (Å²) in [5.41, 5.74) is 0. The van der Waals surface area contributed by atoms with E-state index in [1.807, 2.05) is 4.72 Å². The standard InChI is InChI=1S/C6H11NO5S/c1-2-6(8)12-5-3-4-7-13(9,10)11/h2,7H,1,3-5H2,(H,9,10,11).